The summed E-state index contributed by atoms with van der Waals surface area (Å²) in [6.45, 7) is 0. The van der Waals surface area contributed by atoms with Crippen molar-refractivity contribution in [3.05, 3.63) is 84.7 Å². The number of aromatic carboxylic acids is 1. The number of nitrogens with zero attached hydrogens (tertiary/aromatic N) is 2. The lowest BCUT2D eigenvalue weighted by Crippen LogP contribution is -1.92. The number of benzene rings is 2. The Morgan fingerprint density at radius 1 is 0.875 bits per heavy atom. The maximum Gasteiger partial charge on any atom is 0.337 e. The molecule has 0 fully saturated rings. The highest BCUT2D eigenvalue weighted by atomic mass is 16.4. The number of carboxylic acid groups (broad SMARTS) is 1. The summed E-state index contributed by atoms with van der Waals surface area (Å²) >= 11 is 0. The molecule has 2 heterocycles. The van der Waals surface area contributed by atoms with Crippen LogP contribution in [0.25, 0.3) is 28.0 Å². The van der Waals surface area contributed by atoms with Crippen LogP contribution in [0.3, 0.4) is 0 Å². The summed E-state index contributed by atoms with van der Waals surface area (Å²) in [7, 11) is 0. The lowest BCUT2D eigenvalue weighted by molar-refractivity contribution is 0.0697. The van der Waals surface area contributed by atoms with Crippen LogP contribution >= 0.6 is 0 Å². The van der Waals surface area contributed by atoms with Crippen molar-refractivity contribution in [2.45, 2.75) is 0 Å². The van der Waals surface area contributed by atoms with Gasteiger partial charge in [0.05, 0.1) is 11.3 Å². The minimum absolute atomic E-state index is 0.235. The highest BCUT2D eigenvalue weighted by molar-refractivity contribution is 5.89. The molecule has 0 spiro atoms. The van der Waals surface area contributed by atoms with Crippen molar-refractivity contribution in [2.75, 3.05) is 0 Å². The maximum atomic E-state index is 11.1. The first-order valence-corrected chi connectivity index (χ1v) is 7.59. The van der Waals surface area contributed by atoms with Crippen LogP contribution in [0.15, 0.2) is 79.1 Å². The van der Waals surface area contributed by atoms with Gasteiger partial charge in [0.1, 0.15) is 5.65 Å². The third kappa shape index (κ3) is 2.54. The Labute approximate surface area is 138 Å². The number of carbonyl (C=O) groups is 1. The Bertz CT molecular complexity index is 1020. The summed E-state index contributed by atoms with van der Waals surface area (Å²) < 4.78 is 1.71. The molecular formula is C20H14N2O2. The van der Waals surface area contributed by atoms with Gasteiger partial charge in [-0.1, -0.05) is 54.6 Å². The molecule has 4 nitrogen and oxygen atoms in total. The summed E-state index contributed by atoms with van der Waals surface area (Å²) in [6.07, 6.45) is 3.39. The standard InChI is InChI=1S/C20H14N2O2/c23-20(24)17-12-19-21-18(10-11-22(19)13-17)16-8-6-15(7-9-16)14-4-2-1-3-5-14/h1-13H,(H,23,24). The lowest BCUT2D eigenvalue weighted by Gasteiger charge is -2.05. The zero-order chi connectivity index (χ0) is 16.5. The number of fused-ring (bicyclic) bond motifs is 1. The monoisotopic (exact) mass is 314 g/mol. The molecule has 4 aromatic rings. The Kier molecular flexibility index (Phi) is 3.35. The SMILES string of the molecule is O=C(O)c1cc2nc(-c3ccc(-c4ccccc4)cc3)ccn2c1. The van der Waals surface area contributed by atoms with Gasteiger partial charge in [-0.25, -0.2) is 9.78 Å². The fourth-order valence-corrected chi connectivity index (χ4v) is 2.73. The van der Waals surface area contributed by atoms with Gasteiger partial charge in [-0.2, -0.15) is 0 Å². The number of hydrogen-bond donors (Lipinski definition) is 1. The largest absolute Gasteiger partial charge is 0.478 e. The molecule has 0 aliphatic carbocycles. The van der Waals surface area contributed by atoms with Crippen molar-refractivity contribution in [2.24, 2.45) is 0 Å². The second kappa shape index (κ2) is 5.66. The normalized spacial score (nSPS) is 10.8. The van der Waals surface area contributed by atoms with Crippen molar-refractivity contribution >= 4 is 11.6 Å². The third-order valence-corrected chi connectivity index (χ3v) is 3.99. The molecule has 0 atom stereocenters. The zero-order valence-corrected chi connectivity index (χ0v) is 12.8. The van der Waals surface area contributed by atoms with Gasteiger partial charge < -0.3 is 9.51 Å². The van der Waals surface area contributed by atoms with Crippen LogP contribution in [0, 0.1) is 0 Å². The zero-order valence-electron chi connectivity index (χ0n) is 12.8. The van der Waals surface area contributed by atoms with Crippen LogP contribution in [-0.2, 0) is 0 Å². The molecule has 0 saturated carbocycles. The van der Waals surface area contributed by atoms with Crippen LogP contribution in [0.1, 0.15) is 10.4 Å². The minimum Gasteiger partial charge on any atom is -0.478 e. The van der Waals surface area contributed by atoms with Gasteiger partial charge in [0.25, 0.3) is 0 Å². The van der Waals surface area contributed by atoms with E-state index in [1.807, 2.05) is 42.6 Å². The quantitative estimate of drug-likeness (QED) is 0.611. The highest BCUT2D eigenvalue weighted by Gasteiger charge is 2.08. The first-order chi connectivity index (χ1) is 11.7. The fraction of sp³-hybridized carbons (Fsp3) is 0. The van der Waals surface area contributed by atoms with E-state index < -0.39 is 5.97 Å². The van der Waals surface area contributed by atoms with Crippen LogP contribution in [-0.4, -0.2) is 20.5 Å². The van der Waals surface area contributed by atoms with Crippen molar-refractivity contribution < 1.29 is 9.90 Å². The van der Waals surface area contributed by atoms with Crippen LogP contribution < -0.4 is 0 Å². The van der Waals surface area contributed by atoms with Gasteiger partial charge in [0.2, 0.25) is 0 Å². The molecule has 116 valence electrons. The van der Waals surface area contributed by atoms with Gasteiger partial charge in [0.15, 0.2) is 0 Å². The molecule has 4 heteroatoms. The van der Waals surface area contributed by atoms with Gasteiger partial charge in [0, 0.05) is 18.0 Å². The van der Waals surface area contributed by atoms with Crippen molar-refractivity contribution in [1.82, 2.24) is 9.38 Å². The first kappa shape index (κ1) is 14.2. The third-order valence-electron chi connectivity index (χ3n) is 3.99. The van der Waals surface area contributed by atoms with E-state index in [4.69, 9.17) is 5.11 Å². The summed E-state index contributed by atoms with van der Waals surface area (Å²) in [4.78, 5) is 15.6. The topological polar surface area (TPSA) is 54.6 Å². The van der Waals surface area contributed by atoms with E-state index in [0.717, 1.165) is 16.8 Å². The van der Waals surface area contributed by atoms with Crippen molar-refractivity contribution in [1.29, 1.82) is 0 Å². The Hall–Kier alpha value is -3.40. The first-order valence-electron chi connectivity index (χ1n) is 7.59. The molecule has 0 aliphatic heterocycles. The Morgan fingerprint density at radius 3 is 2.25 bits per heavy atom. The number of carboxylic acids is 1. The van der Waals surface area contributed by atoms with E-state index in [1.54, 1.807) is 16.7 Å². The molecule has 0 unspecified atom stereocenters. The summed E-state index contributed by atoms with van der Waals surface area (Å²) in [5.41, 5.74) is 4.99. The molecule has 2 aromatic heterocycles. The molecule has 2 aromatic carbocycles. The van der Waals surface area contributed by atoms with E-state index >= 15 is 0 Å². The molecule has 24 heavy (non-hydrogen) atoms. The van der Waals surface area contributed by atoms with Crippen LogP contribution in [0.2, 0.25) is 0 Å². The second-order valence-electron chi connectivity index (χ2n) is 5.56. The summed E-state index contributed by atoms with van der Waals surface area (Å²) in [6, 6.07) is 21.8. The fourth-order valence-electron chi connectivity index (χ4n) is 2.73. The van der Waals surface area contributed by atoms with E-state index in [-0.39, 0.29) is 5.56 Å². The van der Waals surface area contributed by atoms with Crippen LogP contribution in [0.4, 0.5) is 0 Å². The Morgan fingerprint density at radius 2 is 1.54 bits per heavy atom. The molecule has 4 rings (SSSR count). The van der Waals surface area contributed by atoms with E-state index in [2.05, 4.69) is 29.2 Å². The van der Waals surface area contributed by atoms with Crippen molar-refractivity contribution in [3.63, 3.8) is 0 Å². The molecule has 0 bridgehead atoms. The predicted octanol–water partition coefficient (Wildman–Crippen LogP) is 4.37. The van der Waals surface area contributed by atoms with E-state index in [9.17, 15) is 4.79 Å². The molecule has 0 aliphatic rings. The van der Waals surface area contributed by atoms with Crippen molar-refractivity contribution in [3.8, 4) is 22.4 Å². The molecule has 1 N–H and O–H groups in total. The summed E-state index contributed by atoms with van der Waals surface area (Å²) in [5, 5.41) is 9.07. The van der Waals surface area contributed by atoms with Gasteiger partial charge in [-0.3, -0.25) is 0 Å². The second-order valence-corrected chi connectivity index (χ2v) is 5.56. The van der Waals surface area contributed by atoms with Crippen LogP contribution in [0.5, 0.6) is 0 Å². The number of hydrogen-bond acceptors (Lipinski definition) is 2. The predicted molar refractivity (Wildman–Crippen MR) is 93.0 cm³/mol. The molecular weight excluding hydrogens is 300 g/mol. The highest BCUT2D eigenvalue weighted by Crippen LogP contribution is 2.24. The van der Waals surface area contributed by atoms with Gasteiger partial charge in [-0.15, -0.1) is 0 Å². The molecule has 0 radical (unpaired) electrons. The average molecular weight is 314 g/mol. The average Bonchev–Trinajstić information content (AvgIpc) is 3.06. The number of rotatable bonds is 3. The van der Waals surface area contributed by atoms with Gasteiger partial charge in [-0.05, 0) is 23.3 Å². The van der Waals surface area contributed by atoms with Gasteiger partial charge >= 0.3 is 5.97 Å². The Balaban J connectivity index is 1.70. The molecule has 0 amide bonds. The number of aromatic nitrogens is 2. The van der Waals surface area contributed by atoms with E-state index in [1.165, 1.54) is 5.56 Å². The summed E-state index contributed by atoms with van der Waals surface area (Å²) in [5.74, 6) is -0.950. The molecule has 0 saturated heterocycles. The van der Waals surface area contributed by atoms with E-state index in [0.29, 0.717) is 5.65 Å². The minimum atomic E-state index is -0.950. The lowest BCUT2D eigenvalue weighted by atomic mass is 10.0. The maximum absolute atomic E-state index is 11.1. The smallest absolute Gasteiger partial charge is 0.337 e.